The van der Waals surface area contributed by atoms with Crippen molar-refractivity contribution in [2.75, 3.05) is 6.61 Å². The molecule has 0 aliphatic carbocycles. The summed E-state index contributed by atoms with van der Waals surface area (Å²) in [6, 6.07) is 21.2. The van der Waals surface area contributed by atoms with E-state index in [1.165, 1.54) is 22.4 Å². The van der Waals surface area contributed by atoms with Crippen LogP contribution in [0.4, 0.5) is 0 Å². The molecule has 0 spiro atoms. The highest BCUT2D eigenvalue weighted by molar-refractivity contribution is 5.93. The second kappa shape index (κ2) is 9.13. The Balaban J connectivity index is 1.44. The van der Waals surface area contributed by atoms with Crippen molar-refractivity contribution in [3.63, 3.8) is 0 Å². The average Bonchev–Trinajstić information content (AvgIpc) is 3.28. The standard InChI is InChI=1S/C24H21N3O4/c28-20-10-4-9-18(14-20)22-16-27(26-25-22)19-11-12-23(29)21(15-19)24(30)31-13-5-8-17-6-2-1-3-7-17/h1-4,6-7,9-12,14-16,28-29H,5,8,13H2. The Morgan fingerprint density at radius 1 is 0.968 bits per heavy atom. The molecule has 0 radical (unpaired) electrons. The Morgan fingerprint density at radius 2 is 1.81 bits per heavy atom. The number of ether oxygens (including phenoxy) is 1. The SMILES string of the molecule is O=C(OCCCc1ccccc1)c1cc(-n2cc(-c3cccc(O)c3)nn2)ccc1O. The molecule has 4 aromatic rings. The van der Waals surface area contributed by atoms with Crippen LogP contribution in [0.3, 0.4) is 0 Å². The van der Waals surface area contributed by atoms with E-state index in [1.54, 1.807) is 30.5 Å². The lowest BCUT2D eigenvalue weighted by Gasteiger charge is -2.08. The first-order valence-electron chi connectivity index (χ1n) is 9.86. The number of hydrogen-bond acceptors (Lipinski definition) is 6. The summed E-state index contributed by atoms with van der Waals surface area (Å²) in [4.78, 5) is 12.5. The van der Waals surface area contributed by atoms with Gasteiger partial charge in [-0.2, -0.15) is 0 Å². The number of carbonyl (C=O) groups is 1. The van der Waals surface area contributed by atoms with E-state index < -0.39 is 5.97 Å². The number of esters is 1. The number of aromatic hydroxyl groups is 2. The largest absolute Gasteiger partial charge is 0.508 e. The lowest BCUT2D eigenvalue weighted by molar-refractivity contribution is 0.0497. The molecule has 0 aliphatic rings. The van der Waals surface area contributed by atoms with Gasteiger partial charge in [-0.25, -0.2) is 9.48 Å². The molecule has 0 aliphatic heterocycles. The molecule has 0 saturated carbocycles. The molecular weight excluding hydrogens is 394 g/mol. The van der Waals surface area contributed by atoms with Crippen LogP contribution >= 0.6 is 0 Å². The van der Waals surface area contributed by atoms with Crippen LogP contribution < -0.4 is 0 Å². The summed E-state index contributed by atoms with van der Waals surface area (Å²) in [6.45, 7) is 0.252. The molecule has 1 heterocycles. The number of nitrogens with zero attached hydrogens (tertiary/aromatic N) is 3. The molecule has 7 heteroatoms. The van der Waals surface area contributed by atoms with Gasteiger partial charge in [0.15, 0.2) is 0 Å². The van der Waals surface area contributed by atoms with Crippen molar-refractivity contribution in [1.29, 1.82) is 0 Å². The first-order valence-corrected chi connectivity index (χ1v) is 9.86. The molecule has 1 aromatic heterocycles. The molecule has 3 aromatic carbocycles. The number of aromatic nitrogens is 3. The fourth-order valence-corrected chi connectivity index (χ4v) is 3.18. The predicted octanol–water partition coefficient (Wildman–Crippen LogP) is 4.14. The second-order valence-corrected chi connectivity index (χ2v) is 7.03. The van der Waals surface area contributed by atoms with Gasteiger partial charge in [0.2, 0.25) is 0 Å². The predicted molar refractivity (Wildman–Crippen MR) is 115 cm³/mol. The summed E-state index contributed by atoms with van der Waals surface area (Å²) in [6.07, 6.45) is 3.17. The van der Waals surface area contributed by atoms with Crippen LogP contribution in [0, 0.1) is 0 Å². The summed E-state index contributed by atoms with van der Waals surface area (Å²) in [5.74, 6) is -0.625. The van der Waals surface area contributed by atoms with Gasteiger partial charge in [-0.1, -0.05) is 47.7 Å². The van der Waals surface area contributed by atoms with E-state index in [9.17, 15) is 15.0 Å². The van der Waals surface area contributed by atoms with Gasteiger partial charge in [0, 0.05) is 5.56 Å². The summed E-state index contributed by atoms with van der Waals surface area (Å²) >= 11 is 0. The van der Waals surface area contributed by atoms with Crippen molar-refractivity contribution < 1.29 is 19.7 Å². The van der Waals surface area contributed by atoms with E-state index in [0.717, 1.165) is 6.42 Å². The van der Waals surface area contributed by atoms with E-state index in [4.69, 9.17) is 4.74 Å². The maximum absolute atomic E-state index is 12.5. The zero-order chi connectivity index (χ0) is 21.6. The van der Waals surface area contributed by atoms with Crippen LogP contribution in [-0.4, -0.2) is 37.8 Å². The third kappa shape index (κ3) is 4.90. The lowest BCUT2D eigenvalue weighted by Crippen LogP contribution is -2.08. The van der Waals surface area contributed by atoms with E-state index in [-0.39, 0.29) is 23.7 Å². The van der Waals surface area contributed by atoms with Gasteiger partial charge in [0.05, 0.1) is 18.5 Å². The molecule has 31 heavy (non-hydrogen) atoms. The molecule has 0 saturated heterocycles. The minimum atomic E-state index is -0.597. The van der Waals surface area contributed by atoms with E-state index in [0.29, 0.717) is 23.4 Å². The zero-order valence-corrected chi connectivity index (χ0v) is 16.7. The first kappa shape index (κ1) is 20.2. The van der Waals surface area contributed by atoms with Crippen LogP contribution in [-0.2, 0) is 11.2 Å². The highest BCUT2D eigenvalue weighted by Crippen LogP contribution is 2.24. The van der Waals surface area contributed by atoms with Crippen LogP contribution in [0.2, 0.25) is 0 Å². The smallest absolute Gasteiger partial charge is 0.341 e. The lowest BCUT2D eigenvalue weighted by atomic mass is 10.1. The number of aryl methyl sites for hydroxylation is 1. The zero-order valence-electron chi connectivity index (χ0n) is 16.7. The van der Waals surface area contributed by atoms with Crippen molar-refractivity contribution in [1.82, 2.24) is 15.0 Å². The van der Waals surface area contributed by atoms with Gasteiger partial charge in [-0.05, 0) is 48.7 Å². The topological polar surface area (TPSA) is 97.5 Å². The third-order valence-corrected chi connectivity index (χ3v) is 4.79. The Labute approximate surface area is 179 Å². The minimum absolute atomic E-state index is 0.0617. The Hall–Kier alpha value is -4.13. The molecule has 0 bridgehead atoms. The number of hydrogen-bond donors (Lipinski definition) is 2. The van der Waals surface area contributed by atoms with Crippen LogP contribution in [0.5, 0.6) is 11.5 Å². The van der Waals surface area contributed by atoms with E-state index in [1.807, 2.05) is 36.4 Å². The third-order valence-electron chi connectivity index (χ3n) is 4.79. The Bertz CT molecular complexity index is 1190. The molecule has 7 nitrogen and oxygen atoms in total. The molecule has 156 valence electrons. The van der Waals surface area contributed by atoms with E-state index >= 15 is 0 Å². The summed E-state index contributed by atoms with van der Waals surface area (Å²) in [7, 11) is 0. The Morgan fingerprint density at radius 3 is 2.61 bits per heavy atom. The van der Waals surface area contributed by atoms with Gasteiger partial charge in [-0.15, -0.1) is 5.10 Å². The maximum atomic E-state index is 12.5. The van der Waals surface area contributed by atoms with Crippen molar-refractivity contribution in [3.8, 4) is 28.4 Å². The minimum Gasteiger partial charge on any atom is -0.508 e. The normalized spacial score (nSPS) is 10.7. The fourth-order valence-electron chi connectivity index (χ4n) is 3.18. The summed E-state index contributed by atoms with van der Waals surface area (Å²) in [5.41, 5.74) is 3.06. The van der Waals surface area contributed by atoms with Crippen LogP contribution in [0.1, 0.15) is 22.3 Å². The van der Waals surface area contributed by atoms with Crippen molar-refractivity contribution in [3.05, 3.63) is 90.1 Å². The Kier molecular flexibility index (Phi) is 5.93. The first-order chi connectivity index (χ1) is 15.1. The quantitative estimate of drug-likeness (QED) is 0.348. The highest BCUT2D eigenvalue weighted by Gasteiger charge is 2.15. The number of phenols is 2. The monoisotopic (exact) mass is 415 g/mol. The molecule has 0 amide bonds. The van der Waals surface area contributed by atoms with Gasteiger partial charge in [0.25, 0.3) is 0 Å². The summed E-state index contributed by atoms with van der Waals surface area (Å²) in [5, 5.41) is 28.0. The average molecular weight is 415 g/mol. The fraction of sp³-hybridized carbons (Fsp3) is 0.125. The van der Waals surface area contributed by atoms with Gasteiger partial charge >= 0.3 is 5.97 Å². The van der Waals surface area contributed by atoms with Crippen molar-refractivity contribution in [2.24, 2.45) is 0 Å². The molecule has 0 unspecified atom stereocenters. The second-order valence-electron chi connectivity index (χ2n) is 7.03. The van der Waals surface area contributed by atoms with Crippen LogP contribution in [0.15, 0.2) is 79.0 Å². The molecule has 0 fully saturated rings. The van der Waals surface area contributed by atoms with E-state index in [2.05, 4.69) is 10.3 Å². The van der Waals surface area contributed by atoms with Crippen molar-refractivity contribution >= 4 is 5.97 Å². The van der Waals surface area contributed by atoms with Gasteiger partial charge in [-0.3, -0.25) is 0 Å². The number of rotatable bonds is 7. The highest BCUT2D eigenvalue weighted by atomic mass is 16.5. The van der Waals surface area contributed by atoms with Crippen molar-refractivity contribution in [2.45, 2.75) is 12.8 Å². The maximum Gasteiger partial charge on any atom is 0.341 e. The molecule has 4 rings (SSSR count). The number of phenolic OH excluding ortho intramolecular Hbond substituents is 2. The molecule has 2 N–H and O–H groups in total. The number of carbonyl (C=O) groups excluding carboxylic acids is 1. The van der Waals surface area contributed by atoms with Crippen LogP contribution in [0.25, 0.3) is 16.9 Å². The molecular formula is C24H21N3O4. The summed E-state index contributed by atoms with van der Waals surface area (Å²) < 4.78 is 6.83. The van der Waals surface area contributed by atoms with Gasteiger partial charge in [0.1, 0.15) is 22.8 Å². The number of benzene rings is 3. The van der Waals surface area contributed by atoms with Gasteiger partial charge < -0.3 is 14.9 Å². The molecule has 0 atom stereocenters.